The number of benzene rings is 1. The van der Waals surface area contributed by atoms with Crippen molar-refractivity contribution in [2.24, 2.45) is 0 Å². The molecule has 0 fully saturated rings. The monoisotopic (exact) mass is 281 g/mol. The molecule has 0 saturated heterocycles. The number of rotatable bonds is 6. The van der Waals surface area contributed by atoms with Crippen LogP contribution in [0.5, 0.6) is 5.75 Å². The Morgan fingerprint density at radius 2 is 2.16 bits per heavy atom. The van der Waals surface area contributed by atoms with E-state index in [1.54, 1.807) is 11.0 Å². The summed E-state index contributed by atoms with van der Waals surface area (Å²) in [6.07, 6.45) is 0. The van der Waals surface area contributed by atoms with Gasteiger partial charge in [0.25, 0.3) is 5.91 Å². The smallest absolute Gasteiger partial charge is 0.260 e. The molecule has 1 rings (SSSR count). The first kappa shape index (κ1) is 15.6. The van der Waals surface area contributed by atoms with E-state index in [9.17, 15) is 4.79 Å². The van der Waals surface area contributed by atoms with Gasteiger partial charge in [-0.25, -0.2) is 0 Å². The molecule has 0 N–H and O–H groups in total. The molecule has 4 heteroatoms. The number of halogens is 1. The zero-order valence-corrected chi connectivity index (χ0v) is 12.5. The summed E-state index contributed by atoms with van der Waals surface area (Å²) in [7, 11) is 0. The summed E-state index contributed by atoms with van der Waals surface area (Å²) in [4.78, 5) is 13.7. The van der Waals surface area contributed by atoms with Crippen LogP contribution in [0.4, 0.5) is 0 Å². The molecule has 0 radical (unpaired) electrons. The van der Waals surface area contributed by atoms with E-state index in [0.29, 0.717) is 23.9 Å². The van der Waals surface area contributed by atoms with Gasteiger partial charge in [-0.15, -0.1) is 0 Å². The zero-order chi connectivity index (χ0) is 14.4. The van der Waals surface area contributed by atoms with Gasteiger partial charge in [0.15, 0.2) is 6.61 Å². The minimum absolute atomic E-state index is 0.00963. The summed E-state index contributed by atoms with van der Waals surface area (Å²) in [5.74, 6) is 0.476. The van der Waals surface area contributed by atoms with Gasteiger partial charge in [0, 0.05) is 13.1 Å². The molecule has 0 aromatic heterocycles. The number of hydrogen-bond acceptors (Lipinski definition) is 2. The number of carbonyl (C=O) groups is 1. The van der Waals surface area contributed by atoms with Gasteiger partial charge < -0.3 is 9.64 Å². The van der Waals surface area contributed by atoms with E-state index in [-0.39, 0.29) is 12.5 Å². The largest absolute Gasteiger partial charge is 0.482 e. The first-order chi connectivity index (χ1) is 8.93. The fourth-order valence-electron chi connectivity index (χ4n) is 1.65. The molecule has 1 aromatic rings. The van der Waals surface area contributed by atoms with Crippen LogP contribution < -0.4 is 4.74 Å². The Balaban J connectivity index is 2.62. The van der Waals surface area contributed by atoms with Crippen molar-refractivity contribution in [1.82, 2.24) is 4.90 Å². The Kier molecular flexibility index (Phi) is 5.90. The van der Waals surface area contributed by atoms with Crippen molar-refractivity contribution in [3.63, 3.8) is 0 Å². The third kappa shape index (κ3) is 4.95. The topological polar surface area (TPSA) is 29.5 Å². The molecule has 0 aliphatic heterocycles. The number of nitrogens with zero attached hydrogens (tertiary/aromatic N) is 1. The van der Waals surface area contributed by atoms with E-state index in [2.05, 4.69) is 6.58 Å². The van der Waals surface area contributed by atoms with E-state index in [1.165, 1.54) is 0 Å². The van der Waals surface area contributed by atoms with Crippen molar-refractivity contribution in [2.75, 3.05) is 19.7 Å². The molecule has 19 heavy (non-hydrogen) atoms. The highest BCUT2D eigenvalue weighted by Gasteiger charge is 2.13. The van der Waals surface area contributed by atoms with Crippen LogP contribution >= 0.6 is 11.6 Å². The number of carbonyl (C=O) groups excluding carboxylic acids is 1. The standard InChI is InChI=1S/C15H20ClNO2/c1-5-17(9-11(2)3)15(18)10-19-14-8-12(4)6-7-13(14)16/h6-8H,2,5,9-10H2,1,3-4H3. The van der Waals surface area contributed by atoms with Gasteiger partial charge in [0.1, 0.15) is 5.75 Å². The average molecular weight is 282 g/mol. The molecule has 0 saturated carbocycles. The molecule has 0 aliphatic carbocycles. The second-order valence-corrected chi connectivity index (χ2v) is 4.99. The molecule has 3 nitrogen and oxygen atoms in total. The van der Waals surface area contributed by atoms with E-state index in [4.69, 9.17) is 16.3 Å². The van der Waals surface area contributed by atoms with Gasteiger partial charge in [-0.3, -0.25) is 4.79 Å². The van der Waals surface area contributed by atoms with Crippen molar-refractivity contribution in [3.05, 3.63) is 40.9 Å². The summed E-state index contributed by atoms with van der Waals surface area (Å²) in [6.45, 7) is 10.8. The summed E-state index contributed by atoms with van der Waals surface area (Å²) < 4.78 is 5.49. The lowest BCUT2D eigenvalue weighted by Crippen LogP contribution is -2.35. The Labute approximate surface area is 119 Å². The van der Waals surface area contributed by atoms with Crippen molar-refractivity contribution in [2.45, 2.75) is 20.8 Å². The number of likely N-dealkylation sites (N-methyl/N-ethyl adjacent to an activating group) is 1. The van der Waals surface area contributed by atoms with Crippen molar-refractivity contribution in [3.8, 4) is 5.75 Å². The zero-order valence-electron chi connectivity index (χ0n) is 11.7. The van der Waals surface area contributed by atoms with Crippen LogP contribution in [-0.4, -0.2) is 30.5 Å². The molecule has 0 bridgehead atoms. The fraction of sp³-hybridized carbons (Fsp3) is 0.400. The third-order valence-electron chi connectivity index (χ3n) is 2.63. The van der Waals surface area contributed by atoms with Crippen LogP contribution in [0, 0.1) is 6.92 Å². The molecule has 104 valence electrons. The van der Waals surface area contributed by atoms with Crippen LogP contribution in [0.3, 0.4) is 0 Å². The first-order valence-electron chi connectivity index (χ1n) is 6.25. The lowest BCUT2D eigenvalue weighted by molar-refractivity contribution is -0.132. The van der Waals surface area contributed by atoms with Crippen LogP contribution in [0.1, 0.15) is 19.4 Å². The minimum atomic E-state index is -0.0666. The van der Waals surface area contributed by atoms with Gasteiger partial charge in [0.2, 0.25) is 0 Å². The second kappa shape index (κ2) is 7.19. The van der Waals surface area contributed by atoms with Crippen LogP contribution in [-0.2, 0) is 4.79 Å². The summed E-state index contributed by atoms with van der Waals surface area (Å²) in [5.41, 5.74) is 1.99. The van der Waals surface area contributed by atoms with E-state index in [0.717, 1.165) is 11.1 Å². The highest BCUT2D eigenvalue weighted by Crippen LogP contribution is 2.25. The maximum Gasteiger partial charge on any atom is 0.260 e. The Morgan fingerprint density at radius 3 is 2.74 bits per heavy atom. The Bertz CT molecular complexity index is 471. The van der Waals surface area contributed by atoms with Gasteiger partial charge >= 0.3 is 0 Å². The van der Waals surface area contributed by atoms with E-state index in [1.807, 2.05) is 32.9 Å². The average Bonchev–Trinajstić information content (AvgIpc) is 2.36. The molecule has 1 amide bonds. The molecule has 0 heterocycles. The normalized spacial score (nSPS) is 10.1. The number of ether oxygens (including phenoxy) is 1. The molecule has 1 aromatic carbocycles. The Morgan fingerprint density at radius 1 is 1.47 bits per heavy atom. The van der Waals surface area contributed by atoms with Crippen LogP contribution in [0.15, 0.2) is 30.4 Å². The van der Waals surface area contributed by atoms with Crippen molar-refractivity contribution < 1.29 is 9.53 Å². The van der Waals surface area contributed by atoms with Crippen molar-refractivity contribution in [1.29, 1.82) is 0 Å². The maximum atomic E-state index is 12.0. The van der Waals surface area contributed by atoms with E-state index >= 15 is 0 Å². The molecular formula is C15H20ClNO2. The fourth-order valence-corrected chi connectivity index (χ4v) is 1.83. The molecule has 0 spiro atoms. The molecular weight excluding hydrogens is 262 g/mol. The minimum Gasteiger partial charge on any atom is -0.482 e. The molecule has 0 atom stereocenters. The highest BCUT2D eigenvalue weighted by molar-refractivity contribution is 6.32. The van der Waals surface area contributed by atoms with Gasteiger partial charge in [-0.1, -0.05) is 29.8 Å². The maximum absolute atomic E-state index is 12.0. The van der Waals surface area contributed by atoms with Gasteiger partial charge in [-0.2, -0.15) is 0 Å². The Hall–Kier alpha value is -1.48. The predicted molar refractivity (Wildman–Crippen MR) is 78.8 cm³/mol. The lowest BCUT2D eigenvalue weighted by atomic mass is 10.2. The summed E-state index contributed by atoms with van der Waals surface area (Å²) in [6, 6.07) is 5.49. The quantitative estimate of drug-likeness (QED) is 0.748. The third-order valence-corrected chi connectivity index (χ3v) is 2.95. The predicted octanol–water partition coefficient (Wildman–Crippen LogP) is 3.45. The van der Waals surface area contributed by atoms with Crippen LogP contribution in [0.25, 0.3) is 0 Å². The molecule has 0 unspecified atom stereocenters. The first-order valence-corrected chi connectivity index (χ1v) is 6.63. The summed E-state index contributed by atoms with van der Waals surface area (Å²) in [5, 5.41) is 0.515. The highest BCUT2D eigenvalue weighted by atomic mass is 35.5. The number of hydrogen-bond donors (Lipinski definition) is 0. The number of aryl methyl sites for hydroxylation is 1. The second-order valence-electron chi connectivity index (χ2n) is 4.59. The molecule has 0 aliphatic rings. The van der Waals surface area contributed by atoms with Crippen molar-refractivity contribution >= 4 is 17.5 Å². The van der Waals surface area contributed by atoms with Crippen LogP contribution in [0.2, 0.25) is 5.02 Å². The SMILES string of the molecule is C=C(C)CN(CC)C(=O)COc1cc(C)ccc1Cl. The van der Waals surface area contributed by atoms with E-state index < -0.39 is 0 Å². The van der Waals surface area contributed by atoms with Gasteiger partial charge in [0.05, 0.1) is 5.02 Å². The number of amides is 1. The lowest BCUT2D eigenvalue weighted by Gasteiger charge is -2.21. The van der Waals surface area contributed by atoms with Gasteiger partial charge in [-0.05, 0) is 38.5 Å². The summed E-state index contributed by atoms with van der Waals surface area (Å²) >= 11 is 6.01.